The van der Waals surface area contributed by atoms with Gasteiger partial charge in [-0.15, -0.1) is 0 Å². The van der Waals surface area contributed by atoms with Gasteiger partial charge in [-0.2, -0.15) is 0 Å². The molecule has 3 heteroatoms. The Balaban J connectivity index is 1.82. The molecule has 1 atom stereocenters. The van der Waals surface area contributed by atoms with Gasteiger partial charge in [0.25, 0.3) is 0 Å². The molecule has 2 aliphatic carbocycles. The summed E-state index contributed by atoms with van der Waals surface area (Å²) in [7, 11) is 0. The van der Waals surface area contributed by atoms with Gasteiger partial charge in [0.2, 0.25) is 0 Å². The smallest absolute Gasteiger partial charge is 0.125 e. The zero-order valence-electron chi connectivity index (χ0n) is 15.7. The van der Waals surface area contributed by atoms with Gasteiger partial charge in [0.1, 0.15) is 11.3 Å². The van der Waals surface area contributed by atoms with Crippen molar-refractivity contribution < 1.29 is 9.47 Å². The quantitative estimate of drug-likeness (QED) is 0.725. The van der Waals surface area contributed by atoms with Crippen LogP contribution in [0.15, 0.2) is 59.9 Å². The van der Waals surface area contributed by atoms with Crippen molar-refractivity contribution in [2.45, 2.75) is 38.1 Å². The van der Waals surface area contributed by atoms with Crippen LogP contribution >= 0.6 is 0 Å². The average Bonchev–Trinajstić information content (AvgIpc) is 3.11. The van der Waals surface area contributed by atoms with Crippen LogP contribution in [0.5, 0.6) is 0 Å². The largest absolute Gasteiger partial charge is 0.496 e. The van der Waals surface area contributed by atoms with Crippen LogP contribution in [0.4, 0.5) is 0 Å². The number of ether oxygens (including phenoxy) is 2. The van der Waals surface area contributed by atoms with Gasteiger partial charge in [0, 0.05) is 13.1 Å². The maximum absolute atomic E-state index is 6.26. The first kappa shape index (κ1) is 17.6. The fourth-order valence-corrected chi connectivity index (χ4v) is 4.50. The molecule has 0 radical (unpaired) electrons. The molecule has 3 aliphatic rings. The van der Waals surface area contributed by atoms with E-state index < -0.39 is 0 Å². The molecule has 0 aromatic heterocycles. The van der Waals surface area contributed by atoms with Crippen molar-refractivity contribution in [1.29, 1.82) is 0 Å². The van der Waals surface area contributed by atoms with E-state index in [-0.39, 0.29) is 5.54 Å². The number of morpholine rings is 1. The second-order valence-corrected chi connectivity index (χ2v) is 7.25. The first-order valence-electron chi connectivity index (χ1n) is 10.00. The van der Waals surface area contributed by atoms with Crippen LogP contribution in [0.1, 0.15) is 38.2 Å². The Labute approximate surface area is 157 Å². The summed E-state index contributed by atoms with van der Waals surface area (Å²) < 4.78 is 11.9. The minimum Gasteiger partial charge on any atom is -0.496 e. The highest BCUT2D eigenvalue weighted by atomic mass is 16.5. The molecule has 1 unspecified atom stereocenters. The number of rotatable bonds is 5. The lowest BCUT2D eigenvalue weighted by Gasteiger charge is -2.45. The molecule has 0 amide bonds. The van der Waals surface area contributed by atoms with E-state index in [0.29, 0.717) is 6.61 Å². The second kappa shape index (κ2) is 7.81. The molecule has 1 heterocycles. The van der Waals surface area contributed by atoms with E-state index >= 15 is 0 Å². The maximum atomic E-state index is 6.26. The topological polar surface area (TPSA) is 21.7 Å². The van der Waals surface area contributed by atoms with Gasteiger partial charge in [-0.05, 0) is 61.5 Å². The standard InChI is InChI=1S/C23H29NO2/c1-2-26-22-17-20(19-9-5-3-6-10-19)18-23(22,21-11-7-4-8-12-21)24-13-15-25-16-14-24/h3,5-6,9-11,17-18H,2,4,7-8,12-16H2,1H3. The third kappa shape index (κ3) is 3.15. The third-order valence-electron chi connectivity index (χ3n) is 5.72. The molecule has 1 saturated heterocycles. The molecule has 1 aromatic carbocycles. The normalized spacial score (nSPS) is 26.9. The van der Waals surface area contributed by atoms with E-state index in [1.165, 1.54) is 36.0 Å². The summed E-state index contributed by atoms with van der Waals surface area (Å²) in [6.07, 6.45) is 12.1. The molecular weight excluding hydrogens is 322 g/mol. The van der Waals surface area contributed by atoms with Crippen LogP contribution in [0, 0.1) is 0 Å². The second-order valence-electron chi connectivity index (χ2n) is 7.25. The molecule has 0 saturated carbocycles. The summed E-state index contributed by atoms with van der Waals surface area (Å²) in [4.78, 5) is 2.57. The van der Waals surface area contributed by atoms with Gasteiger partial charge >= 0.3 is 0 Å². The highest BCUT2D eigenvalue weighted by Crippen LogP contribution is 2.46. The molecule has 0 bridgehead atoms. The zero-order chi connectivity index (χ0) is 17.8. The summed E-state index contributed by atoms with van der Waals surface area (Å²) in [6, 6.07) is 10.7. The summed E-state index contributed by atoms with van der Waals surface area (Å²) in [5.74, 6) is 1.09. The molecule has 26 heavy (non-hydrogen) atoms. The van der Waals surface area contributed by atoms with Crippen LogP contribution in [-0.4, -0.2) is 43.3 Å². The Morgan fingerprint density at radius 2 is 1.92 bits per heavy atom. The van der Waals surface area contributed by atoms with Gasteiger partial charge in [-0.3, -0.25) is 4.90 Å². The Bertz CT molecular complexity index is 713. The lowest BCUT2D eigenvalue weighted by atomic mass is 9.80. The van der Waals surface area contributed by atoms with Crippen LogP contribution in [0.3, 0.4) is 0 Å². The molecule has 1 fully saturated rings. The lowest BCUT2D eigenvalue weighted by molar-refractivity contribution is -0.00188. The number of hydrogen-bond acceptors (Lipinski definition) is 3. The van der Waals surface area contributed by atoms with E-state index in [1.807, 2.05) is 0 Å². The number of allylic oxidation sites excluding steroid dienone is 3. The Hall–Kier alpha value is -1.84. The van der Waals surface area contributed by atoms with Crippen molar-refractivity contribution in [2.24, 2.45) is 0 Å². The molecule has 1 aromatic rings. The average molecular weight is 351 g/mol. The van der Waals surface area contributed by atoms with E-state index in [9.17, 15) is 0 Å². The van der Waals surface area contributed by atoms with Crippen LogP contribution in [-0.2, 0) is 9.47 Å². The monoisotopic (exact) mass is 351 g/mol. The van der Waals surface area contributed by atoms with Gasteiger partial charge in [0.05, 0.1) is 19.8 Å². The van der Waals surface area contributed by atoms with E-state index in [0.717, 1.165) is 38.5 Å². The predicted octanol–water partition coefficient (Wildman–Crippen LogP) is 4.58. The molecule has 0 spiro atoms. The molecule has 138 valence electrons. The van der Waals surface area contributed by atoms with Gasteiger partial charge < -0.3 is 9.47 Å². The SMILES string of the molecule is CCOC1=CC(c2ccccc2)=CC1(C1=CCCCC1)N1CCOCC1. The fourth-order valence-electron chi connectivity index (χ4n) is 4.50. The minimum absolute atomic E-state index is 0.231. The minimum atomic E-state index is -0.231. The van der Waals surface area contributed by atoms with Crippen LogP contribution in [0.25, 0.3) is 5.57 Å². The highest BCUT2D eigenvalue weighted by Gasteiger charge is 2.47. The van der Waals surface area contributed by atoms with E-state index in [4.69, 9.17) is 9.47 Å². The number of nitrogens with zero attached hydrogens (tertiary/aromatic N) is 1. The molecule has 4 rings (SSSR count). The van der Waals surface area contributed by atoms with Crippen molar-refractivity contribution in [3.8, 4) is 0 Å². The highest BCUT2D eigenvalue weighted by molar-refractivity contribution is 5.81. The molecule has 3 nitrogen and oxygen atoms in total. The number of benzene rings is 1. The maximum Gasteiger partial charge on any atom is 0.125 e. The predicted molar refractivity (Wildman–Crippen MR) is 106 cm³/mol. The number of hydrogen-bond donors (Lipinski definition) is 0. The first-order chi connectivity index (χ1) is 12.8. The van der Waals surface area contributed by atoms with Crippen LogP contribution < -0.4 is 0 Å². The summed E-state index contributed by atoms with van der Waals surface area (Å²) >= 11 is 0. The zero-order valence-corrected chi connectivity index (χ0v) is 15.7. The van der Waals surface area contributed by atoms with Crippen LogP contribution in [0.2, 0.25) is 0 Å². The lowest BCUT2D eigenvalue weighted by Crippen LogP contribution is -2.54. The van der Waals surface area contributed by atoms with E-state index in [2.05, 4.69) is 60.4 Å². The fraction of sp³-hybridized carbons (Fsp3) is 0.478. The first-order valence-corrected chi connectivity index (χ1v) is 10.00. The van der Waals surface area contributed by atoms with Gasteiger partial charge in [0.15, 0.2) is 0 Å². The Kier molecular flexibility index (Phi) is 5.28. The third-order valence-corrected chi connectivity index (χ3v) is 5.72. The molecule has 0 N–H and O–H groups in total. The molecule has 1 aliphatic heterocycles. The summed E-state index contributed by atoms with van der Waals surface area (Å²) in [6.45, 7) is 6.26. The Morgan fingerprint density at radius 3 is 2.62 bits per heavy atom. The van der Waals surface area contributed by atoms with Crippen molar-refractivity contribution >= 4 is 5.57 Å². The summed E-state index contributed by atoms with van der Waals surface area (Å²) in [5, 5.41) is 0. The molecular formula is C23H29NO2. The van der Waals surface area contributed by atoms with Gasteiger partial charge in [-0.1, -0.05) is 36.4 Å². The van der Waals surface area contributed by atoms with Crippen molar-refractivity contribution in [2.75, 3.05) is 32.9 Å². The van der Waals surface area contributed by atoms with Crippen molar-refractivity contribution in [3.63, 3.8) is 0 Å². The van der Waals surface area contributed by atoms with E-state index in [1.54, 1.807) is 0 Å². The Morgan fingerprint density at radius 1 is 1.12 bits per heavy atom. The van der Waals surface area contributed by atoms with Crippen molar-refractivity contribution in [3.05, 3.63) is 65.5 Å². The van der Waals surface area contributed by atoms with Gasteiger partial charge in [-0.25, -0.2) is 0 Å². The van der Waals surface area contributed by atoms with Crippen molar-refractivity contribution in [1.82, 2.24) is 4.90 Å². The summed E-state index contributed by atoms with van der Waals surface area (Å²) in [5.41, 5.74) is 3.81.